The molecule has 2 fully saturated rings. The fraction of sp³-hybridized carbons (Fsp3) is 0.533. The normalized spacial score (nSPS) is 27.5. The van der Waals surface area contributed by atoms with Gasteiger partial charge in [-0.2, -0.15) is 0 Å². The summed E-state index contributed by atoms with van der Waals surface area (Å²) >= 11 is 0. The smallest absolute Gasteiger partial charge is 0.254 e. The number of hydrogen-bond acceptors (Lipinski definition) is 3. The van der Waals surface area contributed by atoms with Crippen molar-refractivity contribution in [3.8, 4) is 5.75 Å². The largest absolute Gasteiger partial charge is 0.497 e. The minimum atomic E-state index is -0.406. The molecule has 5 rings (SSSR count). The summed E-state index contributed by atoms with van der Waals surface area (Å²) in [6.45, 7) is 6.05. The van der Waals surface area contributed by atoms with E-state index in [2.05, 4.69) is 23.6 Å². The van der Waals surface area contributed by atoms with E-state index in [0.717, 1.165) is 62.1 Å². The number of fused-ring (bicyclic) bond motifs is 1. The number of likely N-dealkylation sites (tertiary alicyclic amines) is 1. The molecule has 0 radical (unpaired) electrons. The van der Waals surface area contributed by atoms with E-state index in [1.165, 1.54) is 6.42 Å². The summed E-state index contributed by atoms with van der Waals surface area (Å²) in [6.07, 6.45) is 6.63. The van der Waals surface area contributed by atoms with E-state index >= 15 is 0 Å². The number of methoxy groups -OCH3 is 1. The van der Waals surface area contributed by atoms with Gasteiger partial charge in [0.2, 0.25) is 5.91 Å². The third-order valence-corrected chi connectivity index (χ3v) is 8.25. The van der Waals surface area contributed by atoms with E-state index in [1.807, 2.05) is 48.5 Å². The van der Waals surface area contributed by atoms with Gasteiger partial charge >= 0.3 is 0 Å². The second-order valence-electron chi connectivity index (χ2n) is 11.0. The highest BCUT2D eigenvalue weighted by atomic mass is 16.5. The number of benzene rings is 2. The summed E-state index contributed by atoms with van der Waals surface area (Å²) < 4.78 is 5.41. The van der Waals surface area contributed by atoms with E-state index in [9.17, 15) is 9.59 Å². The van der Waals surface area contributed by atoms with Crippen LogP contribution >= 0.6 is 0 Å². The molecule has 5 nitrogen and oxygen atoms in total. The maximum absolute atomic E-state index is 14.4. The maximum Gasteiger partial charge on any atom is 0.254 e. The molecule has 2 aliphatic heterocycles. The van der Waals surface area contributed by atoms with Gasteiger partial charge in [-0.1, -0.05) is 63.4 Å². The van der Waals surface area contributed by atoms with Gasteiger partial charge in [-0.3, -0.25) is 9.59 Å². The Balaban J connectivity index is 1.64. The van der Waals surface area contributed by atoms with Crippen LogP contribution in [0.5, 0.6) is 5.75 Å². The number of nitrogens with zero attached hydrogens (tertiary/aromatic N) is 2. The number of amides is 2. The molecule has 0 aromatic heterocycles. The van der Waals surface area contributed by atoms with Gasteiger partial charge in [-0.15, -0.1) is 0 Å². The number of carbonyl (C=O) groups is 2. The summed E-state index contributed by atoms with van der Waals surface area (Å²) in [5.74, 6) is 1.57. The molecule has 5 heteroatoms. The first-order valence-electron chi connectivity index (χ1n) is 13.3. The Hall–Kier alpha value is -2.82. The fourth-order valence-corrected chi connectivity index (χ4v) is 6.77. The Morgan fingerprint density at radius 1 is 0.914 bits per heavy atom. The van der Waals surface area contributed by atoms with Crippen molar-refractivity contribution in [2.75, 3.05) is 20.2 Å². The highest BCUT2D eigenvalue weighted by molar-refractivity contribution is 6.01. The molecule has 1 saturated carbocycles. The standard InChI is InChI=1S/C30H38N2O3/c1-20-17-21(2)19-31(18-20)30(34)27-25-11-7-8-12-26(25)29(33)32(23-9-5-4-6-10-23)28(27)22-13-15-24(35-3)16-14-22/h7-8,11-16,20-21,23,27-28H,4-6,9-10,17-19H2,1-3H3/t20-,21+,27-,28+/m0/s1. The maximum atomic E-state index is 14.4. The quantitative estimate of drug-likeness (QED) is 0.562. The van der Waals surface area contributed by atoms with Crippen LogP contribution in [0.2, 0.25) is 0 Å². The van der Waals surface area contributed by atoms with Gasteiger partial charge < -0.3 is 14.5 Å². The number of hydrogen-bond donors (Lipinski definition) is 0. The van der Waals surface area contributed by atoms with Crippen LogP contribution in [0, 0.1) is 11.8 Å². The molecule has 2 aromatic carbocycles. The zero-order valence-electron chi connectivity index (χ0n) is 21.3. The summed E-state index contributed by atoms with van der Waals surface area (Å²) in [5.41, 5.74) is 2.58. The Morgan fingerprint density at radius 2 is 1.57 bits per heavy atom. The highest BCUT2D eigenvalue weighted by Gasteiger charge is 2.48. The number of piperidine rings is 1. The summed E-state index contributed by atoms with van der Waals surface area (Å²) in [6, 6.07) is 15.6. The Kier molecular flexibility index (Phi) is 6.86. The monoisotopic (exact) mass is 474 g/mol. The van der Waals surface area contributed by atoms with Gasteiger partial charge in [0.1, 0.15) is 5.75 Å². The second-order valence-corrected chi connectivity index (χ2v) is 11.0. The Morgan fingerprint density at radius 3 is 2.23 bits per heavy atom. The molecular formula is C30H38N2O3. The van der Waals surface area contributed by atoms with Gasteiger partial charge in [0, 0.05) is 24.7 Å². The molecule has 35 heavy (non-hydrogen) atoms. The SMILES string of the molecule is COc1ccc([C@@H]2[C@@H](C(=O)N3C[C@H](C)C[C@H](C)C3)c3ccccc3C(=O)N2C2CCCCC2)cc1. The van der Waals surface area contributed by atoms with E-state index in [0.29, 0.717) is 17.4 Å². The molecule has 0 N–H and O–H groups in total. The molecule has 4 atom stereocenters. The molecule has 0 unspecified atom stereocenters. The van der Waals surface area contributed by atoms with Crippen molar-refractivity contribution in [2.45, 2.75) is 70.4 Å². The van der Waals surface area contributed by atoms with Crippen molar-refractivity contribution >= 4 is 11.8 Å². The van der Waals surface area contributed by atoms with E-state index in [4.69, 9.17) is 4.74 Å². The lowest BCUT2D eigenvalue weighted by Crippen LogP contribution is -2.54. The Bertz CT molecular complexity index is 1050. The molecule has 1 aliphatic carbocycles. The minimum Gasteiger partial charge on any atom is -0.497 e. The second kappa shape index (κ2) is 10.0. The average molecular weight is 475 g/mol. The van der Waals surface area contributed by atoms with Crippen LogP contribution in [0.1, 0.15) is 85.8 Å². The average Bonchev–Trinajstić information content (AvgIpc) is 2.88. The summed E-state index contributed by atoms with van der Waals surface area (Å²) in [7, 11) is 1.66. The van der Waals surface area contributed by atoms with Crippen LogP contribution in [0.4, 0.5) is 0 Å². The van der Waals surface area contributed by atoms with Gasteiger partial charge in [0.05, 0.1) is 19.1 Å². The van der Waals surface area contributed by atoms with Crippen molar-refractivity contribution in [3.05, 3.63) is 65.2 Å². The molecule has 2 heterocycles. The first kappa shape index (κ1) is 23.9. The number of rotatable bonds is 4. The third kappa shape index (κ3) is 4.57. The van der Waals surface area contributed by atoms with Crippen LogP contribution in [0.15, 0.2) is 48.5 Å². The first-order valence-corrected chi connectivity index (χ1v) is 13.3. The molecular weight excluding hydrogens is 436 g/mol. The van der Waals surface area contributed by atoms with Gasteiger partial charge in [-0.05, 0) is 60.4 Å². The summed E-state index contributed by atoms with van der Waals surface area (Å²) in [5, 5.41) is 0. The van der Waals surface area contributed by atoms with Crippen molar-refractivity contribution < 1.29 is 14.3 Å². The lowest BCUT2D eigenvalue weighted by atomic mass is 9.76. The van der Waals surface area contributed by atoms with Crippen LogP contribution < -0.4 is 4.74 Å². The van der Waals surface area contributed by atoms with Gasteiger partial charge in [0.25, 0.3) is 5.91 Å². The topological polar surface area (TPSA) is 49.9 Å². The van der Waals surface area contributed by atoms with E-state index in [-0.39, 0.29) is 23.9 Å². The fourth-order valence-electron chi connectivity index (χ4n) is 6.77. The molecule has 0 spiro atoms. The zero-order valence-corrected chi connectivity index (χ0v) is 21.3. The molecule has 186 valence electrons. The third-order valence-electron chi connectivity index (χ3n) is 8.25. The predicted octanol–water partition coefficient (Wildman–Crippen LogP) is 5.81. The van der Waals surface area contributed by atoms with Gasteiger partial charge in [0.15, 0.2) is 0 Å². The van der Waals surface area contributed by atoms with Gasteiger partial charge in [-0.25, -0.2) is 0 Å². The molecule has 0 bridgehead atoms. The molecule has 1 saturated heterocycles. The highest BCUT2D eigenvalue weighted by Crippen LogP contribution is 2.47. The predicted molar refractivity (Wildman–Crippen MR) is 137 cm³/mol. The zero-order chi connectivity index (χ0) is 24.5. The Labute approximate surface area is 209 Å². The van der Waals surface area contributed by atoms with E-state index < -0.39 is 5.92 Å². The van der Waals surface area contributed by atoms with Crippen LogP contribution in [0.3, 0.4) is 0 Å². The van der Waals surface area contributed by atoms with Crippen molar-refractivity contribution in [1.29, 1.82) is 0 Å². The molecule has 2 aromatic rings. The van der Waals surface area contributed by atoms with Crippen LogP contribution in [-0.2, 0) is 4.79 Å². The van der Waals surface area contributed by atoms with Crippen LogP contribution in [0.25, 0.3) is 0 Å². The van der Waals surface area contributed by atoms with Crippen LogP contribution in [-0.4, -0.2) is 47.9 Å². The number of carbonyl (C=O) groups excluding carboxylic acids is 2. The molecule has 2 amide bonds. The van der Waals surface area contributed by atoms with Crippen molar-refractivity contribution in [3.63, 3.8) is 0 Å². The number of ether oxygens (including phenoxy) is 1. The van der Waals surface area contributed by atoms with E-state index in [1.54, 1.807) is 7.11 Å². The minimum absolute atomic E-state index is 0.0674. The first-order chi connectivity index (χ1) is 17.0. The molecule has 3 aliphatic rings. The lowest BCUT2D eigenvalue weighted by molar-refractivity contribution is -0.137. The van der Waals surface area contributed by atoms with Crippen molar-refractivity contribution in [1.82, 2.24) is 9.80 Å². The van der Waals surface area contributed by atoms with Crippen molar-refractivity contribution in [2.24, 2.45) is 11.8 Å². The lowest BCUT2D eigenvalue weighted by Gasteiger charge is -2.48. The summed E-state index contributed by atoms with van der Waals surface area (Å²) in [4.78, 5) is 32.6.